The van der Waals surface area contributed by atoms with Gasteiger partial charge in [-0.15, -0.1) is 0 Å². The molecule has 0 spiro atoms. The van der Waals surface area contributed by atoms with Gasteiger partial charge in [-0.05, 0) is 42.2 Å². The molecule has 0 N–H and O–H groups in total. The van der Waals surface area contributed by atoms with Crippen molar-refractivity contribution in [3.05, 3.63) is 59.7 Å². The Morgan fingerprint density at radius 3 is 2.52 bits per heavy atom. The van der Waals surface area contributed by atoms with Crippen molar-refractivity contribution < 1.29 is 9.47 Å². The van der Waals surface area contributed by atoms with Crippen molar-refractivity contribution in [2.24, 2.45) is 0 Å². The van der Waals surface area contributed by atoms with E-state index in [0.717, 1.165) is 43.0 Å². The highest BCUT2D eigenvalue weighted by atomic mass is 35.5. The molecule has 2 aliphatic rings. The lowest BCUT2D eigenvalue weighted by Gasteiger charge is -2.32. The molecule has 0 bridgehead atoms. The number of halogens is 1. The first-order chi connectivity index (χ1) is 11.3. The minimum Gasteiger partial charge on any atom is -0.485 e. The number of benzene rings is 2. The number of piperidine rings is 1. The smallest absolute Gasteiger partial charge is 0.164 e. The Hall–Kier alpha value is -1.71. The van der Waals surface area contributed by atoms with Gasteiger partial charge in [-0.1, -0.05) is 42.5 Å². The molecule has 1 unspecified atom stereocenters. The standard InChI is InChI=1S/C19H20ClNO2/c20-21-11-9-14(10-12-21)16-7-4-8-17-19(16)22-13-18(23-17)15-5-2-1-3-6-15/h1-8,14,18H,9-13H2. The van der Waals surface area contributed by atoms with Gasteiger partial charge >= 0.3 is 0 Å². The first kappa shape index (κ1) is 14.9. The first-order valence-electron chi connectivity index (χ1n) is 8.19. The number of para-hydroxylation sites is 1. The molecule has 120 valence electrons. The Morgan fingerprint density at radius 2 is 1.74 bits per heavy atom. The largest absolute Gasteiger partial charge is 0.485 e. The highest BCUT2D eigenvalue weighted by molar-refractivity contribution is 6.13. The summed E-state index contributed by atoms with van der Waals surface area (Å²) in [4.78, 5) is 0. The topological polar surface area (TPSA) is 21.7 Å². The second-order valence-corrected chi connectivity index (χ2v) is 6.66. The monoisotopic (exact) mass is 329 g/mol. The molecule has 1 fully saturated rings. The quantitative estimate of drug-likeness (QED) is 0.755. The molecule has 0 aliphatic carbocycles. The SMILES string of the molecule is ClN1CCC(c2cccc3c2OCC(c2ccccc2)O3)CC1. The Labute approximate surface area is 141 Å². The number of fused-ring (bicyclic) bond motifs is 1. The summed E-state index contributed by atoms with van der Waals surface area (Å²) in [6.07, 6.45) is 2.08. The third kappa shape index (κ3) is 3.04. The summed E-state index contributed by atoms with van der Waals surface area (Å²) in [5, 5.41) is 0. The minimum atomic E-state index is -0.0383. The average molecular weight is 330 g/mol. The van der Waals surface area contributed by atoms with Gasteiger partial charge in [-0.25, -0.2) is 4.42 Å². The van der Waals surface area contributed by atoms with E-state index >= 15 is 0 Å². The average Bonchev–Trinajstić information content (AvgIpc) is 2.62. The first-order valence-corrected chi connectivity index (χ1v) is 8.53. The molecule has 0 amide bonds. The molecule has 4 rings (SSSR count). The molecule has 0 saturated carbocycles. The Kier molecular flexibility index (Phi) is 4.15. The van der Waals surface area contributed by atoms with Crippen molar-refractivity contribution in [1.82, 2.24) is 4.42 Å². The van der Waals surface area contributed by atoms with Crippen LogP contribution in [0.3, 0.4) is 0 Å². The van der Waals surface area contributed by atoms with Crippen LogP contribution in [0, 0.1) is 0 Å². The molecule has 4 heteroatoms. The zero-order valence-electron chi connectivity index (χ0n) is 13.0. The van der Waals surface area contributed by atoms with Crippen LogP contribution in [0.5, 0.6) is 11.5 Å². The zero-order valence-corrected chi connectivity index (χ0v) is 13.7. The van der Waals surface area contributed by atoms with Gasteiger partial charge in [0.05, 0.1) is 0 Å². The van der Waals surface area contributed by atoms with Gasteiger partial charge in [0.2, 0.25) is 0 Å². The van der Waals surface area contributed by atoms with Gasteiger partial charge in [-0.3, -0.25) is 0 Å². The molecule has 3 nitrogen and oxygen atoms in total. The van der Waals surface area contributed by atoms with Crippen molar-refractivity contribution in [1.29, 1.82) is 0 Å². The van der Waals surface area contributed by atoms with E-state index in [1.807, 2.05) is 28.7 Å². The molecule has 0 aromatic heterocycles. The van der Waals surface area contributed by atoms with Crippen LogP contribution in [0.1, 0.15) is 36.0 Å². The maximum absolute atomic E-state index is 6.21. The lowest BCUT2D eigenvalue weighted by molar-refractivity contribution is 0.0893. The van der Waals surface area contributed by atoms with Crippen molar-refractivity contribution in [2.75, 3.05) is 19.7 Å². The predicted octanol–water partition coefficient (Wildman–Crippen LogP) is 4.53. The molecule has 23 heavy (non-hydrogen) atoms. The Balaban J connectivity index is 1.58. The van der Waals surface area contributed by atoms with Gasteiger partial charge in [0.25, 0.3) is 0 Å². The number of ether oxygens (including phenoxy) is 2. The van der Waals surface area contributed by atoms with Crippen LogP contribution in [-0.4, -0.2) is 24.1 Å². The summed E-state index contributed by atoms with van der Waals surface area (Å²) in [6, 6.07) is 16.5. The van der Waals surface area contributed by atoms with E-state index in [1.54, 1.807) is 0 Å². The van der Waals surface area contributed by atoms with Crippen LogP contribution in [-0.2, 0) is 0 Å². The molecule has 2 aromatic carbocycles. The normalized spacial score (nSPS) is 22.0. The summed E-state index contributed by atoms with van der Waals surface area (Å²) in [7, 11) is 0. The lowest BCUT2D eigenvalue weighted by atomic mass is 9.89. The van der Waals surface area contributed by atoms with Gasteiger partial charge in [-0.2, -0.15) is 0 Å². The van der Waals surface area contributed by atoms with Crippen LogP contribution in [0.2, 0.25) is 0 Å². The van der Waals surface area contributed by atoms with Gasteiger partial charge in [0.15, 0.2) is 17.6 Å². The van der Waals surface area contributed by atoms with E-state index in [0.29, 0.717) is 12.5 Å². The fraction of sp³-hybridized carbons (Fsp3) is 0.368. The molecule has 1 atom stereocenters. The summed E-state index contributed by atoms with van der Waals surface area (Å²) < 4.78 is 14.2. The highest BCUT2D eigenvalue weighted by Crippen LogP contribution is 2.44. The summed E-state index contributed by atoms with van der Waals surface area (Å²) in [6.45, 7) is 2.40. The number of rotatable bonds is 2. The lowest BCUT2D eigenvalue weighted by Crippen LogP contribution is -2.27. The van der Waals surface area contributed by atoms with Crippen LogP contribution >= 0.6 is 11.8 Å². The number of hydrogen-bond donors (Lipinski definition) is 0. The van der Waals surface area contributed by atoms with E-state index in [2.05, 4.69) is 24.3 Å². The van der Waals surface area contributed by atoms with Crippen molar-refractivity contribution in [3.63, 3.8) is 0 Å². The molecular formula is C19H20ClNO2. The molecule has 1 saturated heterocycles. The van der Waals surface area contributed by atoms with Crippen molar-refractivity contribution in [3.8, 4) is 11.5 Å². The molecule has 2 heterocycles. The van der Waals surface area contributed by atoms with E-state index in [-0.39, 0.29) is 6.10 Å². The van der Waals surface area contributed by atoms with Crippen LogP contribution in [0.15, 0.2) is 48.5 Å². The van der Waals surface area contributed by atoms with Gasteiger partial charge in [0, 0.05) is 18.7 Å². The van der Waals surface area contributed by atoms with Crippen molar-refractivity contribution in [2.45, 2.75) is 24.9 Å². The number of hydrogen-bond acceptors (Lipinski definition) is 3. The molecule has 0 radical (unpaired) electrons. The fourth-order valence-corrected chi connectivity index (χ4v) is 3.63. The maximum Gasteiger partial charge on any atom is 0.164 e. The van der Waals surface area contributed by atoms with Gasteiger partial charge < -0.3 is 9.47 Å². The van der Waals surface area contributed by atoms with E-state index in [1.165, 1.54) is 5.56 Å². The summed E-state index contributed by atoms with van der Waals surface area (Å²) in [5.74, 6) is 2.28. The minimum absolute atomic E-state index is 0.0383. The number of nitrogens with zero attached hydrogens (tertiary/aromatic N) is 1. The van der Waals surface area contributed by atoms with Gasteiger partial charge in [0.1, 0.15) is 6.61 Å². The summed E-state index contributed by atoms with van der Waals surface area (Å²) >= 11 is 6.08. The van der Waals surface area contributed by atoms with E-state index < -0.39 is 0 Å². The van der Waals surface area contributed by atoms with E-state index in [4.69, 9.17) is 21.3 Å². The second kappa shape index (κ2) is 6.42. The van der Waals surface area contributed by atoms with Crippen molar-refractivity contribution >= 4 is 11.8 Å². The summed E-state index contributed by atoms with van der Waals surface area (Å²) in [5.41, 5.74) is 2.41. The zero-order chi connectivity index (χ0) is 15.6. The van der Waals surface area contributed by atoms with E-state index in [9.17, 15) is 0 Å². The highest BCUT2D eigenvalue weighted by Gasteiger charge is 2.28. The fourth-order valence-electron chi connectivity index (χ4n) is 3.44. The second-order valence-electron chi connectivity index (χ2n) is 6.19. The van der Waals surface area contributed by atoms with Crippen LogP contribution < -0.4 is 9.47 Å². The third-order valence-electron chi connectivity index (χ3n) is 4.71. The predicted molar refractivity (Wildman–Crippen MR) is 91.1 cm³/mol. The van der Waals surface area contributed by atoms with Crippen LogP contribution in [0.25, 0.3) is 0 Å². The third-order valence-corrected chi connectivity index (χ3v) is 5.05. The Morgan fingerprint density at radius 1 is 0.957 bits per heavy atom. The molecular weight excluding hydrogens is 310 g/mol. The maximum atomic E-state index is 6.21. The Bertz CT molecular complexity index is 668. The van der Waals surface area contributed by atoms with Crippen LogP contribution in [0.4, 0.5) is 0 Å². The molecule has 2 aromatic rings. The molecule has 2 aliphatic heterocycles.